The quantitative estimate of drug-likeness (QED) is 0.677. The molecule has 82 valence electrons. The molecule has 0 saturated heterocycles. The molecule has 2 heterocycles. The van der Waals surface area contributed by atoms with Gasteiger partial charge in [0.15, 0.2) is 0 Å². The van der Waals surface area contributed by atoms with Gasteiger partial charge < -0.3 is 0 Å². The number of hydrogen-bond donors (Lipinski definition) is 0. The van der Waals surface area contributed by atoms with Gasteiger partial charge in [-0.3, -0.25) is 9.97 Å². The molecule has 1 aromatic carbocycles. The molecule has 3 heteroatoms. The highest BCUT2D eigenvalue weighted by molar-refractivity contribution is 7.13. The Morgan fingerprint density at radius 3 is 2.00 bits per heavy atom. The number of nitrogens with zero attached hydrogens (tertiary/aromatic N) is 2. The van der Waals surface area contributed by atoms with Crippen LogP contribution in [0.3, 0.4) is 0 Å². The van der Waals surface area contributed by atoms with Gasteiger partial charge in [0.2, 0.25) is 0 Å². The van der Waals surface area contributed by atoms with Crippen molar-refractivity contribution in [2.24, 2.45) is 0 Å². The maximum Gasteiger partial charge on any atom is 0.0797 e. The molecule has 17 heavy (non-hydrogen) atoms. The first kappa shape index (κ1) is 10.2. The van der Waals surface area contributed by atoms with Crippen LogP contribution in [0.2, 0.25) is 0 Å². The highest BCUT2D eigenvalue weighted by Gasteiger charge is 2.00. The summed E-state index contributed by atoms with van der Waals surface area (Å²) >= 11 is 1.66. The van der Waals surface area contributed by atoms with Crippen molar-refractivity contribution in [2.75, 3.05) is 0 Å². The van der Waals surface area contributed by atoms with Crippen LogP contribution < -0.4 is 0 Å². The number of benzene rings is 1. The summed E-state index contributed by atoms with van der Waals surface area (Å²) in [5.41, 5.74) is 5.47. The van der Waals surface area contributed by atoms with Crippen LogP contribution >= 0.6 is 11.3 Å². The van der Waals surface area contributed by atoms with Gasteiger partial charge in [0.1, 0.15) is 0 Å². The molecule has 0 aliphatic heterocycles. The summed E-state index contributed by atoms with van der Waals surface area (Å²) in [6.45, 7) is 0. The zero-order valence-electron chi connectivity index (χ0n) is 9.08. The zero-order valence-corrected chi connectivity index (χ0v) is 9.89. The van der Waals surface area contributed by atoms with Gasteiger partial charge in [-0.25, -0.2) is 0 Å². The summed E-state index contributed by atoms with van der Waals surface area (Å²) in [5, 5.41) is 0. The van der Waals surface area contributed by atoms with E-state index >= 15 is 0 Å². The molecule has 2 aromatic heterocycles. The van der Waals surface area contributed by atoms with Crippen molar-refractivity contribution in [3.8, 4) is 21.6 Å². The Labute approximate surface area is 104 Å². The number of hydrogen-bond acceptors (Lipinski definition) is 3. The summed E-state index contributed by atoms with van der Waals surface area (Å²) in [6, 6.07) is 12.5. The van der Waals surface area contributed by atoms with Crippen molar-refractivity contribution in [1.82, 2.24) is 9.97 Å². The second-order valence-corrected chi connectivity index (χ2v) is 4.57. The second kappa shape index (κ2) is 4.47. The van der Waals surface area contributed by atoms with Crippen LogP contribution in [0.1, 0.15) is 0 Å². The first-order chi connectivity index (χ1) is 8.43. The number of pyridine rings is 1. The molecule has 0 amide bonds. The first-order valence-corrected chi connectivity index (χ1v) is 6.21. The second-order valence-electron chi connectivity index (χ2n) is 3.68. The molecule has 0 unspecified atom stereocenters. The van der Waals surface area contributed by atoms with Crippen molar-refractivity contribution in [2.45, 2.75) is 0 Å². The topological polar surface area (TPSA) is 25.8 Å². The Hall–Kier alpha value is -2.00. The Bertz CT molecular complexity index is 586. The summed E-state index contributed by atoms with van der Waals surface area (Å²) in [5.74, 6) is 0. The van der Waals surface area contributed by atoms with Gasteiger partial charge in [0, 0.05) is 18.6 Å². The van der Waals surface area contributed by atoms with Gasteiger partial charge in [0.05, 0.1) is 10.4 Å². The molecule has 0 saturated carbocycles. The van der Waals surface area contributed by atoms with Gasteiger partial charge in [-0.2, -0.15) is 0 Å². The minimum atomic E-state index is 1.19. The molecular formula is C14H10N2S. The van der Waals surface area contributed by atoms with Crippen LogP contribution in [0.25, 0.3) is 21.6 Å². The van der Waals surface area contributed by atoms with E-state index in [2.05, 4.69) is 34.2 Å². The van der Waals surface area contributed by atoms with E-state index in [0.29, 0.717) is 0 Å². The average molecular weight is 238 g/mol. The highest BCUT2D eigenvalue weighted by Crippen LogP contribution is 2.26. The predicted octanol–water partition coefficient (Wildman–Crippen LogP) is 3.87. The van der Waals surface area contributed by atoms with Crippen molar-refractivity contribution in [1.29, 1.82) is 0 Å². The normalized spacial score (nSPS) is 10.4. The fraction of sp³-hybridized carbons (Fsp3) is 0. The van der Waals surface area contributed by atoms with Gasteiger partial charge in [-0.15, -0.1) is 11.3 Å². The summed E-state index contributed by atoms with van der Waals surface area (Å²) in [4.78, 5) is 9.31. The van der Waals surface area contributed by atoms with Crippen LogP contribution in [-0.4, -0.2) is 9.97 Å². The lowest BCUT2D eigenvalue weighted by Gasteiger charge is -2.02. The molecule has 3 rings (SSSR count). The van der Waals surface area contributed by atoms with Gasteiger partial charge in [-0.1, -0.05) is 24.3 Å². The molecule has 0 radical (unpaired) electrons. The third-order valence-electron chi connectivity index (χ3n) is 2.62. The largest absolute Gasteiger partial charge is 0.265 e. The lowest BCUT2D eigenvalue weighted by atomic mass is 10.0. The van der Waals surface area contributed by atoms with Crippen molar-refractivity contribution >= 4 is 11.3 Å². The summed E-state index contributed by atoms with van der Waals surface area (Å²) in [7, 11) is 0. The van der Waals surface area contributed by atoms with Gasteiger partial charge >= 0.3 is 0 Å². The fourth-order valence-corrected chi connectivity index (χ4v) is 2.36. The molecule has 0 spiro atoms. The van der Waals surface area contributed by atoms with Gasteiger partial charge in [-0.05, 0) is 28.8 Å². The monoisotopic (exact) mass is 238 g/mol. The summed E-state index contributed by atoms with van der Waals surface area (Å²) < 4.78 is 0. The summed E-state index contributed by atoms with van der Waals surface area (Å²) in [6.07, 6.45) is 5.52. The Morgan fingerprint density at radius 1 is 0.706 bits per heavy atom. The lowest BCUT2D eigenvalue weighted by Crippen LogP contribution is -1.79. The van der Waals surface area contributed by atoms with Crippen molar-refractivity contribution in [3.63, 3.8) is 0 Å². The van der Waals surface area contributed by atoms with E-state index in [0.717, 1.165) is 0 Å². The third-order valence-corrected chi connectivity index (χ3v) is 3.44. The Balaban J connectivity index is 1.96. The van der Waals surface area contributed by atoms with Gasteiger partial charge in [0.25, 0.3) is 0 Å². The van der Waals surface area contributed by atoms with Crippen LogP contribution in [0.4, 0.5) is 0 Å². The lowest BCUT2D eigenvalue weighted by molar-refractivity contribution is 1.33. The molecule has 0 fully saturated rings. The smallest absolute Gasteiger partial charge is 0.0797 e. The highest BCUT2D eigenvalue weighted by atomic mass is 32.1. The van der Waals surface area contributed by atoms with Crippen LogP contribution in [0.5, 0.6) is 0 Å². The molecular weight excluding hydrogens is 228 g/mol. The predicted molar refractivity (Wildman–Crippen MR) is 70.8 cm³/mol. The van der Waals surface area contributed by atoms with Crippen molar-refractivity contribution < 1.29 is 0 Å². The van der Waals surface area contributed by atoms with E-state index in [-0.39, 0.29) is 0 Å². The fourth-order valence-electron chi connectivity index (χ4n) is 1.73. The van der Waals surface area contributed by atoms with E-state index in [9.17, 15) is 0 Å². The van der Waals surface area contributed by atoms with E-state index in [4.69, 9.17) is 0 Å². The van der Waals surface area contributed by atoms with Crippen LogP contribution in [0, 0.1) is 0 Å². The number of aromatic nitrogens is 2. The molecule has 0 aliphatic carbocycles. The number of thiazole rings is 1. The van der Waals surface area contributed by atoms with Crippen LogP contribution in [0.15, 0.2) is 60.5 Å². The number of rotatable bonds is 2. The minimum Gasteiger partial charge on any atom is -0.265 e. The van der Waals surface area contributed by atoms with E-state index in [1.165, 1.54) is 21.6 Å². The average Bonchev–Trinajstić information content (AvgIpc) is 2.94. The third kappa shape index (κ3) is 2.10. The Kier molecular flexibility index (Phi) is 2.68. The van der Waals surface area contributed by atoms with Crippen molar-refractivity contribution in [3.05, 3.63) is 60.5 Å². The van der Waals surface area contributed by atoms with E-state index in [1.54, 1.807) is 11.3 Å². The SMILES string of the molecule is c1cc(-c2ccc(-c3cncs3)cc2)ccn1. The standard InChI is InChI=1S/C14H10N2S/c1-3-13(14-9-16-10-17-14)4-2-11(1)12-5-7-15-8-6-12/h1-10H. The molecule has 3 aromatic rings. The molecule has 0 atom stereocenters. The van der Waals surface area contributed by atoms with Crippen LogP contribution in [-0.2, 0) is 0 Å². The minimum absolute atomic E-state index is 1.19. The molecule has 0 N–H and O–H groups in total. The van der Waals surface area contributed by atoms with E-state index in [1.807, 2.05) is 36.2 Å². The zero-order chi connectivity index (χ0) is 11.5. The molecule has 2 nitrogen and oxygen atoms in total. The maximum absolute atomic E-state index is 4.09. The first-order valence-electron chi connectivity index (χ1n) is 5.33. The molecule has 0 aliphatic rings. The Morgan fingerprint density at radius 2 is 1.35 bits per heavy atom. The molecule has 0 bridgehead atoms. The van der Waals surface area contributed by atoms with E-state index < -0.39 is 0 Å². The maximum atomic E-state index is 4.09.